The van der Waals surface area contributed by atoms with Crippen molar-refractivity contribution in [2.24, 2.45) is 0 Å². The molecule has 2 aromatic rings. The number of aromatic nitrogens is 2. The normalized spacial score (nSPS) is 11.9. The highest BCUT2D eigenvalue weighted by Gasteiger charge is 2.09. The zero-order valence-electron chi connectivity index (χ0n) is 12.3. The van der Waals surface area contributed by atoms with Gasteiger partial charge in [0.25, 0.3) is 0 Å². The highest BCUT2D eigenvalue weighted by Crippen LogP contribution is 2.20. The molecule has 0 saturated carbocycles. The van der Waals surface area contributed by atoms with E-state index in [1.807, 2.05) is 24.3 Å². The minimum Gasteiger partial charge on any atom is -0.481 e. The molecule has 106 valence electrons. The highest BCUT2D eigenvalue weighted by molar-refractivity contribution is 5.41. The summed E-state index contributed by atoms with van der Waals surface area (Å²) in [6.07, 6.45) is 1.87. The van der Waals surface area contributed by atoms with Crippen molar-refractivity contribution in [3.05, 3.63) is 47.8 Å². The van der Waals surface area contributed by atoms with Gasteiger partial charge in [-0.1, -0.05) is 37.3 Å². The molecule has 1 unspecified atom stereocenters. The third-order valence-electron chi connectivity index (χ3n) is 3.10. The fourth-order valence-corrected chi connectivity index (χ4v) is 2.03. The molecule has 0 radical (unpaired) electrons. The number of methoxy groups -OCH3 is 1. The summed E-state index contributed by atoms with van der Waals surface area (Å²) < 4.78 is 5.24. The van der Waals surface area contributed by atoms with Gasteiger partial charge in [-0.3, -0.25) is 0 Å². The van der Waals surface area contributed by atoms with Gasteiger partial charge in [0.05, 0.1) is 7.11 Å². The third kappa shape index (κ3) is 3.70. The average molecular weight is 271 g/mol. The molecule has 1 heterocycles. The first kappa shape index (κ1) is 14.3. The Hall–Kier alpha value is -2.10. The molecule has 0 aliphatic carbocycles. The van der Waals surface area contributed by atoms with Crippen LogP contribution in [0.25, 0.3) is 0 Å². The number of rotatable bonds is 6. The Morgan fingerprint density at radius 2 is 1.95 bits per heavy atom. The van der Waals surface area contributed by atoms with Gasteiger partial charge in [-0.2, -0.15) is 4.98 Å². The first-order valence-corrected chi connectivity index (χ1v) is 6.96. The Balaban J connectivity index is 2.17. The fraction of sp³-hybridized carbons (Fsp3) is 0.375. The molecule has 0 aliphatic rings. The Labute approximate surface area is 120 Å². The molecule has 4 nitrogen and oxygen atoms in total. The van der Waals surface area contributed by atoms with Gasteiger partial charge in [0.15, 0.2) is 0 Å². The lowest BCUT2D eigenvalue weighted by molar-refractivity contribution is 0.395. The zero-order chi connectivity index (χ0) is 14.4. The molecule has 1 N–H and O–H groups in total. The number of hydrogen-bond acceptors (Lipinski definition) is 4. The second-order valence-electron chi connectivity index (χ2n) is 4.74. The number of nitrogens with one attached hydrogen (secondary N) is 1. The highest BCUT2D eigenvalue weighted by atomic mass is 16.5. The Bertz CT molecular complexity index is 543. The number of anilines is 1. The van der Waals surface area contributed by atoms with Crippen LogP contribution in [0.4, 0.5) is 5.82 Å². The van der Waals surface area contributed by atoms with Crippen LogP contribution < -0.4 is 10.1 Å². The van der Waals surface area contributed by atoms with Crippen LogP contribution >= 0.6 is 0 Å². The SMILES string of the molecule is CCCc1nc(NC(C)c2ccccc2)cc(OC)n1. The van der Waals surface area contributed by atoms with Gasteiger partial charge in [0.2, 0.25) is 5.88 Å². The zero-order valence-corrected chi connectivity index (χ0v) is 12.3. The van der Waals surface area contributed by atoms with E-state index in [1.54, 1.807) is 7.11 Å². The van der Waals surface area contributed by atoms with E-state index >= 15 is 0 Å². The smallest absolute Gasteiger partial charge is 0.218 e. The van der Waals surface area contributed by atoms with Crippen molar-refractivity contribution >= 4 is 5.82 Å². The maximum absolute atomic E-state index is 5.24. The summed E-state index contributed by atoms with van der Waals surface area (Å²) >= 11 is 0. The van der Waals surface area contributed by atoms with E-state index in [-0.39, 0.29) is 6.04 Å². The van der Waals surface area contributed by atoms with E-state index in [2.05, 4.69) is 41.3 Å². The van der Waals surface area contributed by atoms with Gasteiger partial charge in [0, 0.05) is 18.5 Å². The summed E-state index contributed by atoms with van der Waals surface area (Å²) in [5, 5.41) is 3.40. The predicted octanol–water partition coefficient (Wildman–Crippen LogP) is 3.61. The molecular weight excluding hydrogens is 250 g/mol. The van der Waals surface area contributed by atoms with Crippen molar-refractivity contribution in [2.75, 3.05) is 12.4 Å². The van der Waals surface area contributed by atoms with Crippen molar-refractivity contribution in [1.82, 2.24) is 9.97 Å². The molecule has 0 spiro atoms. The monoisotopic (exact) mass is 271 g/mol. The van der Waals surface area contributed by atoms with Crippen LogP contribution in [0.15, 0.2) is 36.4 Å². The second kappa shape index (κ2) is 6.89. The van der Waals surface area contributed by atoms with Crippen LogP contribution in [0.3, 0.4) is 0 Å². The molecule has 4 heteroatoms. The summed E-state index contributed by atoms with van der Waals surface area (Å²) in [5.74, 6) is 2.22. The van der Waals surface area contributed by atoms with Gasteiger partial charge < -0.3 is 10.1 Å². The molecule has 0 saturated heterocycles. The van der Waals surface area contributed by atoms with Gasteiger partial charge in [-0.25, -0.2) is 4.98 Å². The standard InChI is InChI=1S/C16H21N3O/c1-4-8-14-18-15(11-16(19-14)20-3)17-12(2)13-9-6-5-7-10-13/h5-7,9-12H,4,8H2,1-3H3,(H,17,18,19). The molecule has 1 atom stereocenters. The van der Waals surface area contributed by atoms with Crippen molar-refractivity contribution < 1.29 is 4.74 Å². The van der Waals surface area contributed by atoms with E-state index in [0.717, 1.165) is 24.5 Å². The summed E-state index contributed by atoms with van der Waals surface area (Å²) in [5.41, 5.74) is 1.22. The number of aryl methyl sites for hydroxylation is 1. The minimum absolute atomic E-state index is 0.185. The summed E-state index contributed by atoms with van der Waals surface area (Å²) in [7, 11) is 1.63. The quantitative estimate of drug-likeness (QED) is 0.872. The molecule has 20 heavy (non-hydrogen) atoms. The van der Waals surface area contributed by atoms with E-state index in [9.17, 15) is 0 Å². The van der Waals surface area contributed by atoms with Crippen LogP contribution in [0, 0.1) is 0 Å². The van der Waals surface area contributed by atoms with Gasteiger partial charge in [-0.05, 0) is 18.9 Å². The van der Waals surface area contributed by atoms with Gasteiger partial charge in [0.1, 0.15) is 11.6 Å². The molecule has 1 aromatic heterocycles. The summed E-state index contributed by atoms with van der Waals surface area (Å²) in [6, 6.07) is 12.3. The number of hydrogen-bond donors (Lipinski definition) is 1. The number of ether oxygens (including phenoxy) is 1. The Kier molecular flexibility index (Phi) is 4.93. The molecule has 1 aromatic carbocycles. The van der Waals surface area contributed by atoms with Crippen molar-refractivity contribution in [3.63, 3.8) is 0 Å². The van der Waals surface area contributed by atoms with E-state index in [0.29, 0.717) is 5.88 Å². The summed E-state index contributed by atoms with van der Waals surface area (Å²) in [4.78, 5) is 8.88. The topological polar surface area (TPSA) is 47.0 Å². The lowest BCUT2D eigenvalue weighted by Crippen LogP contribution is -2.10. The number of benzene rings is 1. The summed E-state index contributed by atoms with van der Waals surface area (Å²) in [6.45, 7) is 4.23. The third-order valence-corrected chi connectivity index (χ3v) is 3.10. The van der Waals surface area contributed by atoms with Crippen molar-refractivity contribution in [1.29, 1.82) is 0 Å². The largest absolute Gasteiger partial charge is 0.481 e. The van der Waals surface area contributed by atoms with E-state index < -0.39 is 0 Å². The average Bonchev–Trinajstić information content (AvgIpc) is 2.48. The van der Waals surface area contributed by atoms with Crippen LogP contribution in [-0.2, 0) is 6.42 Å². The lowest BCUT2D eigenvalue weighted by Gasteiger charge is -2.16. The van der Waals surface area contributed by atoms with Crippen molar-refractivity contribution in [3.8, 4) is 5.88 Å². The van der Waals surface area contributed by atoms with E-state index in [4.69, 9.17) is 4.74 Å². The molecular formula is C16H21N3O. The Morgan fingerprint density at radius 1 is 1.20 bits per heavy atom. The first-order chi connectivity index (χ1) is 9.72. The molecule has 2 rings (SSSR count). The molecule has 0 amide bonds. The van der Waals surface area contributed by atoms with Gasteiger partial charge in [-0.15, -0.1) is 0 Å². The minimum atomic E-state index is 0.185. The lowest BCUT2D eigenvalue weighted by atomic mass is 10.1. The molecule has 0 aliphatic heterocycles. The molecule has 0 fully saturated rings. The number of nitrogens with zero attached hydrogens (tertiary/aromatic N) is 2. The Morgan fingerprint density at radius 3 is 2.60 bits per heavy atom. The fourth-order valence-electron chi connectivity index (χ4n) is 2.03. The maximum Gasteiger partial charge on any atom is 0.218 e. The van der Waals surface area contributed by atoms with Crippen LogP contribution in [-0.4, -0.2) is 17.1 Å². The molecule has 0 bridgehead atoms. The van der Waals surface area contributed by atoms with Crippen LogP contribution in [0.2, 0.25) is 0 Å². The van der Waals surface area contributed by atoms with Gasteiger partial charge >= 0.3 is 0 Å². The maximum atomic E-state index is 5.24. The van der Waals surface area contributed by atoms with Crippen LogP contribution in [0.1, 0.15) is 37.7 Å². The first-order valence-electron chi connectivity index (χ1n) is 6.96. The van der Waals surface area contributed by atoms with Crippen LogP contribution in [0.5, 0.6) is 5.88 Å². The predicted molar refractivity (Wildman–Crippen MR) is 81.1 cm³/mol. The second-order valence-corrected chi connectivity index (χ2v) is 4.74. The van der Waals surface area contributed by atoms with E-state index in [1.165, 1.54) is 5.56 Å². The van der Waals surface area contributed by atoms with Crippen molar-refractivity contribution in [2.45, 2.75) is 32.7 Å².